The Balaban J connectivity index is 3.54. The van der Waals surface area contributed by atoms with Gasteiger partial charge in [0.15, 0.2) is 5.79 Å². The van der Waals surface area contributed by atoms with E-state index in [1.807, 2.05) is 0 Å². The zero-order valence-electron chi connectivity index (χ0n) is 15.9. The molecule has 0 spiro atoms. The van der Waals surface area contributed by atoms with E-state index in [1.54, 1.807) is 0 Å². The van der Waals surface area contributed by atoms with Crippen LogP contribution in [0.2, 0.25) is 0 Å². The van der Waals surface area contributed by atoms with Gasteiger partial charge in [0.2, 0.25) is 0 Å². The molecule has 0 saturated heterocycles. The van der Waals surface area contributed by atoms with E-state index < -0.39 is 0 Å². The lowest BCUT2D eigenvalue weighted by Gasteiger charge is -2.29. The van der Waals surface area contributed by atoms with Crippen LogP contribution in [-0.4, -0.2) is 19.0 Å². The summed E-state index contributed by atoms with van der Waals surface area (Å²) in [5.41, 5.74) is 0. The molecule has 0 aliphatic rings. The molecule has 0 bridgehead atoms. The molecule has 2 heteroatoms. The van der Waals surface area contributed by atoms with Gasteiger partial charge in [-0.2, -0.15) is 0 Å². The highest BCUT2D eigenvalue weighted by molar-refractivity contribution is 4.60. The first kappa shape index (κ1) is 21.9. The van der Waals surface area contributed by atoms with E-state index in [0.717, 1.165) is 19.6 Å². The Kier molecular flexibility index (Phi) is 15.7. The van der Waals surface area contributed by atoms with E-state index in [4.69, 9.17) is 9.47 Å². The lowest BCUT2D eigenvalue weighted by atomic mass is 10.1. The third-order valence-corrected chi connectivity index (χ3v) is 4.45. The van der Waals surface area contributed by atoms with Gasteiger partial charge >= 0.3 is 0 Å². The van der Waals surface area contributed by atoms with Gasteiger partial charge in [-0.25, -0.2) is 0 Å². The number of rotatable bonds is 17. The summed E-state index contributed by atoms with van der Waals surface area (Å²) in [5, 5.41) is 0. The number of hydrogen-bond donors (Lipinski definition) is 0. The molecule has 0 radical (unpaired) electrons. The average molecular weight is 315 g/mol. The highest BCUT2D eigenvalue weighted by Crippen LogP contribution is 2.19. The van der Waals surface area contributed by atoms with E-state index in [-0.39, 0.29) is 5.79 Å². The third kappa shape index (κ3) is 13.6. The molecule has 0 aliphatic carbocycles. The predicted octanol–water partition coefficient (Wildman–Crippen LogP) is 6.87. The Morgan fingerprint density at radius 3 is 1.27 bits per heavy atom. The van der Waals surface area contributed by atoms with E-state index in [1.165, 1.54) is 77.0 Å². The first-order valence-corrected chi connectivity index (χ1v) is 9.96. The lowest BCUT2D eigenvalue weighted by molar-refractivity contribution is -0.228. The summed E-state index contributed by atoms with van der Waals surface area (Å²) in [6.07, 6.45) is 16.6. The van der Waals surface area contributed by atoms with Crippen molar-refractivity contribution in [1.29, 1.82) is 0 Å². The summed E-state index contributed by atoms with van der Waals surface area (Å²) in [5.74, 6) is -0.368. The van der Waals surface area contributed by atoms with Crippen molar-refractivity contribution in [3.8, 4) is 0 Å². The molecule has 0 amide bonds. The molecule has 0 aromatic heterocycles. The van der Waals surface area contributed by atoms with Gasteiger partial charge in [0.1, 0.15) is 0 Å². The van der Waals surface area contributed by atoms with Gasteiger partial charge < -0.3 is 9.47 Å². The van der Waals surface area contributed by atoms with E-state index in [2.05, 4.69) is 27.7 Å². The summed E-state index contributed by atoms with van der Waals surface area (Å²) in [7, 11) is 0. The molecule has 0 heterocycles. The zero-order valence-corrected chi connectivity index (χ0v) is 15.9. The second-order valence-corrected chi connectivity index (χ2v) is 6.72. The normalized spacial score (nSPS) is 12.0. The molecule has 0 rings (SSSR count). The minimum atomic E-state index is -0.368. The van der Waals surface area contributed by atoms with Crippen molar-refractivity contribution in [2.45, 2.75) is 117 Å². The maximum Gasteiger partial charge on any atom is 0.165 e. The Hall–Kier alpha value is -0.0800. The van der Waals surface area contributed by atoms with Crippen molar-refractivity contribution in [1.82, 2.24) is 0 Å². The molecule has 0 fully saturated rings. The van der Waals surface area contributed by atoms with Crippen molar-refractivity contribution in [2.24, 2.45) is 0 Å². The summed E-state index contributed by atoms with van der Waals surface area (Å²) in [6, 6.07) is 0. The molecule has 22 heavy (non-hydrogen) atoms. The molecule has 0 aromatic carbocycles. The fourth-order valence-corrected chi connectivity index (χ4v) is 2.59. The van der Waals surface area contributed by atoms with Crippen molar-refractivity contribution in [3.05, 3.63) is 0 Å². The van der Waals surface area contributed by atoms with Crippen molar-refractivity contribution < 1.29 is 9.47 Å². The summed E-state index contributed by atoms with van der Waals surface area (Å²) in [4.78, 5) is 0. The SMILES string of the molecule is CCCCCCCCOC(C)(CC)OCCCCCCCC. The van der Waals surface area contributed by atoms with Crippen LogP contribution in [0.1, 0.15) is 111 Å². The summed E-state index contributed by atoms with van der Waals surface area (Å²) < 4.78 is 12.0. The van der Waals surface area contributed by atoms with Crippen molar-refractivity contribution >= 4 is 0 Å². The minimum absolute atomic E-state index is 0.368. The van der Waals surface area contributed by atoms with Crippen LogP contribution < -0.4 is 0 Å². The van der Waals surface area contributed by atoms with Crippen molar-refractivity contribution in [2.75, 3.05) is 13.2 Å². The second-order valence-electron chi connectivity index (χ2n) is 6.72. The van der Waals surface area contributed by atoms with Gasteiger partial charge in [-0.05, 0) is 26.2 Å². The zero-order chi connectivity index (χ0) is 16.5. The molecule has 134 valence electrons. The van der Waals surface area contributed by atoms with Crippen molar-refractivity contribution in [3.63, 3.8) is 0 Å². The van der Waals surface area contributed by atoms with Gasteiger partial charge in [0.25, 0.3) is 0 Å². The van der Waals surface area contributed by atoms with Gasteiger partial charge in [0, 0.05) is 0 Å². The van der Waals surface area contributed by atoms with Crippen LogP contribution in [0.15, 0.2) is 0 Å². The van der Waals surface area contributed by atoms with Crippen LogP contribution in [0.4, 0.5) is 0 Å². The molecule has 0 aliphatic heterocycles. The van der Waals surface area contributed by atoms with Gasteiger partial charge in [-0.3, -0.25) is 0 Å². The smallest absolute Gasteiger partial charge is 0.165 e. The monoisotopic (exact) mass is 314 g/mol. The Bertz CT molecular complexity index is 198. The molecule has 0 N–H and O–H groups in total. The standard InChI is InChI=1S/C20H42O2/c1-5-8-10-12-14-16-18-21-20(4,7-3)22-19-17-15-13-11-9-6-2/h5-19H2,1-4H3. The highest BCUT2D eigenvalue weighted by Gasteiger charge is 2.22. The first-order valence-electron chi connectivity index (χ1n) is 9.96. The van der Waals surface area contributed by atoms with Crippen LogP contribution in [0.5, 0.6) is 0 Å². The maximum atomic E-state index is 6.01. The second kappa shape index (κ2) is 15.8. The minimum Gasteiger partial charge on any atom is -0.350 e. The largest absolute Gasteiger partial charge is 0.350 e. The van der Waals surface area contributed by atoms with Gasteiger partial charge in [-0.1, -0.05) is 85.0 Å². The fraction of sp³-hybridized carbons (Fsp3) is 1.00. The number of unbranched alkanes of at least 4 members (excludes halogenated alkanes) is 10. The molecular weight excluding hydrogens is 272 g/mol. The van der Waals surface area contributed by atoms with Crippen LogP contribution in [0.25, 0.3) is 0 Å². The predicted molar refractivity (Wildman–Crippen MR) is 97.4 cm³/mol. The van der Waals surface area contributed by atoms with Gasteiger partial charge in [0.05, 0.1) is 13.2 Å². The fourth-order valence-electron chi connectivity index (χ4n) is 2.59. The molecule has 0 atom stereocenters. The molecular formula is C20H42O2. The first-order chi connectivity index (χ1) is 10.7. The van der Waals surface area contributed by atoms with E-state index in [9.17, 15) is 0 Å². The number of ether oxygens (including phenoxy) is 2. The van der Waals surface area contributed by atoms with E-state index >= 15 is 0 Å². The average Bonchev–Trinajstić information content (AvgIpc) is 2.53. The number of hydrogen-bond acceptors (Lipinski definition) is 2. The summed E-state index contributed by atoms with van der Waals surface area (Å²) >= 11 is 0. The molecule has 2 nitrogen and oxygen atoms in total. The lowest BCUT2D eigenvalue weighted by Crippen LogP contribution is -2.32. The Morgan fingerprint density at radius 2 is 0.909 bits per heavy atom. The Labute approximate surface area is 140 Å². The molecule has 0 aromatic rings. The topological polar surface area (TPSA) is 18.5 Å². The molecule has 0 unspecified atom stereocenters. The quantitative estimate of drug-likeness (QED) is 0.215. The van der Waals surface area contributed by atoms with E-state index in [0.29, 0.717) is 0 Å². The highest BCUT2D eigenvalue weighted by atomic mass is 16.7. The Morgan fingerprint density at radius 1 is 0.545 bits per heavy atom. The summed E-state index contributed by atoms with van der Waals surface area (Å²) in [6.45, 7) is 10.5. The van der Waals surface area contributed by atoms with Crippen LogP contribution in [0.3, 0.4) is 0 Å². The van der Waals surface area contributed by atoms with Gasteiger partial charge in [-0.15, -0.1) is 0 Å². The third-order valence-electron chi connectivity index (χ3n) is 4.45. The van der Waals surface area contributed by atoms with Crippen LogP contribution in [0, 0.1) is 0 Å². The molecule has 0 saturated carbocycles. The van der Waals surface area contributed by atoms with Crippen LogP contribution in [-0.2, 0) is 9.47 Å². The maximum absolute atomic E-state index is 6.01. The van der Waals surface area contributed by atoms with Crippen LogP contribution >= 0.6 is 0 Å².